The molecule has 1 unspecified atom stereocenters. The van der Waals surface area contributed by atoms with E-state index in [2.05, 4.69) is 24.1 Å². The number of hydrogen-bond donors (Lipinski definition) is 2. The zero-order chi connectivity index (χ0) is 14.5. The summed E-state index contributed by atoms with van der Waals surface area (Å²) in [7, 11) is 0. The minimum absolute atomic E-state index is 0.336. The van der Waals surface area contributed by atoms with E-state index in [-0.39, 0.29) is 0 Å². The molecule has 1 aliphatic heterocycles. The van der Waals surface area contributed by atoms with Gasteiger partial charge in [0, 0.05) is 24.3 Å². The van der Waals surface area contributed by atoms with Gasteiger partial charge >= 0.3 is 5.97 Å². The number of anilines is 1. The van der Waals surface area contributed by atoms with Crippen LogP contribution in [0.1, 0.15) is 43.5 Å². The van der Waals surface area contributed by atoms with Crippen LogP contribution in [0.5, 0.6) is 0 Å². The molecule has 1 aromatic rings. The number of hydrogen-bond acceptors (Lipinski definition) is 3. The highest BCUT2D eigenvalue weighted by Gasteiger charge is 2.18. The number of carbonyl (C=O) groups is 1. The molecule has 0 spiro atoms. The van der Waals surface area contributed by atoms with Crippen LogP contribution in [0.3, 0.4) is 0 Å². The van der Waals surface area contributed by atoms with Crippen LogP contribution in [0.4, 0.5) is 5.69 Å². The van der Waals surface area contributed by atoms with E-state index < -0.39 is 5.97 Å². The Morgan fingerprint density at radius 1 is 1.25 bits per heavy atom. The summed E-state index contributed by atoms with van der Waals surface area (Å²) in [5, 5.41) is 12.4. The fourth-order valence-corrected chi connectivity index (χ4v) is 2.72. The highest BCUT2D eigenvalue weighted by atomic mass is 16.4. The standard InChI is InChI=1S/C16H24N2O2/c1-12(2)18-10-3-4-14(9-11-18)17-15-7-5-13(6-8-15)16(19)20/h5-8,12,14,17H,3-4,9-11H2,1-2H3,(H,19,20). The molecule has 110 valence electrons. The number of rotatable bonds is 4. The van der Waals surface area contributed by atoms with Crippen LogP contribution in [0.2, 0.25) is 0 Å². The number of nitrogens with one attached hydrogen (secondary N) is 1. The maximum atomic E-state index is 10.8. The van der Waals surface area contributed by atoms with Gasteiger partial charge in [-0.2, -0.15) is 0 Å². The Morgan fingerprint density at radius 3 is 2.55 bits per heavy atom. The maximum Gasteiger partial charge on any atom is 0.335 e. The number of carboxylic acids is 1. The normalized spacial score (nSPS) is 20.6. The molecule has 1 aromatic carbocycles. The van der Waals surface area contributed by atoms with Gasteiger partial charge in [-0.15, -0.1) is 0 Å². The molecule has 0 amide bonds. The summed E-state index contributed by atoms with van der Waals surface area (Å²) >= 11 is 0. The molecular formula is C16H24N2O2. The SMILES string of the molecule is CC(C)N1CCCC(Nc2ccc(C(=O)O)cc2)CC1. The van der Waals surface area contributed by atoms with Crippen molar-refractivity contribution >= 4 is 11.7 Å². The molecule has 0 aliphatic carbocycles. The van der Waals surface area contributed by atoms with Crippen molar-refractivity contribution in [2.24, 2.45) is 0 Å². The zero-order valence-corrected chi connectivity index (χ0v) is 12.3. The van der Waals surface area contributed by atoms with Crippen molar-refractivity contribution in [2.45, 2.75) is 45.2 Å². The third kappa shape index (κ3) is 3.97. The van der Waals surface area contributed by atoms with Gasteiger partial charge in [-0.3, -0.25) is 0 Å². The third-order valence-electron chi connectivity index (χ3n) is 4.00. The molecule has 4 nitrogen and oxygen atoms in total. The van der Waals surface area contributed by atoms with E-state index in [1.54, 1.807) is 12.1 Å². The maximum absolute atomic E-state index is 10.8. The molecule has 1 heterocycles. The smallest absolute Gasteiger partial charge is 0.335 e. The first-order chi connectivity index (χ1) is 9.56. The van der Waals surface area contributed by atoms with Crippen LogP contribution in [0.15, 0.2) is 24.3 Å². The van der Waals surface area contributed by atoms with Crippen molar-refractivity contribution in [3.8, 4) is 0 Å². The van der Waals surface area contributed by atoms with E-state index >= 15 is 0 Å². The molecule has 0 aromatic heterocycles. The number of likely N-dealkylation sites (tertiary alicyclic amines) is 1. The number of aromatic carboxylic acids is 1. The van der Waals surface area contributed by atoms with Gasteiger partial charge in [0.1, 0.15) is 0 Å². The summed E-state index contributed by atoms with van der Waals surface area (Å²) < 4.78 is 0. The minimum atomic E-state index is -0.876. The summed E-state index contributed by atoms with van der Waals surface area (Å²) in [6, 6.07) is 8.12. The zero-order valence-electron chi connectivity index (χ0n) is 12.3. The Bertz CT molecular complexity index is 442. The van der Waals surface area contributed by atoms with Gasteiger partial charge in [0.2, 0.25) is 0 Å². The fraction of sp³-hybridized carbons (Fsp3) is 0.562. The summed E-state index contributed by atoms with van der Waals surface area (Å²) in [5.41, 5.74) is 1.35. The highest BCUT2D eigenvalue weighted by molar-refractivity contribution is 5.87. The Hall–Kier alpha value is -1.55. The van der Waals surface area contributed by atoms with E-state index in [9.17, 15) is 4.79 Å². The van der Waals surface area contributed by atoms with E-state index in [0.717, 1.165) is 18.7 Å². The van der Waals surface area contributed by atoms with Crippen molar-refractivity contribution in [2.75, 3.05) is 18.4 Å². The van der Waals surface area contributed by atoms with Crippen molar-refractivity contribution in [3.63, 3.8) is 0 Å². The Balaban J connectivity index is 1.91. The highest BCUT2D eigenvalue weighted by Crippen LogP contribution is 2.18. The van der Waals surface area contributed by atoms with Crippen molar-refractivity contribution in [3.05, 3.63) is 29.8 Å². The first-order valence-electron chi connectivity index (χ1n) is 7.40. The molecule has 0 saturated carbocycles. The monoisotopic (exact) mass is 276 g/mol. The lowest BCUT2D eigenvalue weighted by Gasteiger charge is -2.24. The minimum Gasteiger partial charge on any atom is -0.478 e. The molecule has 2 rings (SSSR count). The summed E-state index contributed by atoms with van der Waals surface area (Å²) in [5.74, 6) is -0.876. The Labute approximate surface area is 120 Å². The molecule has 2 N–H and O–H groups in total. The first-order valence-corrected chi connectivity index (χ1v) is 7.40. The third-order valence-corrected chi connectivity index (χ3v) is 4.00. The van der Waals surface area contributed by atoms with Crippen molar-refractivity contribution < 1.29 is 9.90 Å². The molecule has 0 radical (unpaired) electrons. The summed E-state index contributed by atoms with van der Waals surface area (Å²) in [6.45, 7) is 6.80. The van der Waals surface area contributed by atoms with Gasteiger partial charge in [0.25, 0.3) is 0 Å². The van der Waals surface area contributed by atoms with Crippen LogP contribution in [-0.2, 0) is 0 Å². The van der Waals surface area contributed by atoms with Gasteiger partial charge in [-0.25, -0.2) is 4.79 Å². The average Bonchev–Trinajstić information content (AvgIpc) is 2.65. The van der Waals surface area contributed by atoms with Crippen LogP contribution < -0.4 is 5.32 Å². The predicted molar refractivity (Wildman–Crippen MR) is 81.4 cm³/mol. The van der Waals surface area contributed by atoms with Crippen LogP contribution in [0.25, 0.3) is 0 Å². The van der Waals surface area contributed by atoms with Gasteiger partial charge < -0.3 is 15.3 Å². The fourth-order valence-electron chi connectivity index (χ4n) is 2.72. The van der Waals surface area contributed by atoms with Crippen molar-refractivity contribution in [1.82, 2.24) is 4.90 Å². The quantitative estimate of drug-likeness (QED) is 0.887. The first kappa shape index (κ1) is 14.9. The molecule has 20 heavy (non-hydrogen) atoms. The van der Waals surface area contributed by atoms with Crippen LogP contribution in [0, 0.1) is 0 Å². The van der Waals surface area contributed by atoms with Crippen LogP contribution >= 0.6 is 0 Å². The van der Waals surface area contributed by atoms with E-state index in [1.165, 1.54) is 19.4 Å². The Morgan fingerprint density at radius 2 is 1.95 bits per heavy atom. The lowest BCUT2D eigenvalue weighted by Crippen LogP contribution is -2.32. The number of nitrogens with zero attached hydrogens (tertiary/aromatic N) is 1. The lowest BCUT2D eigenvalue weighted by atomic mass is 10.1. The second-order valence-corrected chi connectivity index (χ2v) is 5.78. The van der Waals surface area contributed by atoms with E-state index in [0.29, 0.717) is 17.6 Å². The topological polar surface area (TPSA) is 52.6 Å². The van der Waals surface area contributed by atoms with E-state index in [1.807, 2.05) is 12.1 Å². The van der Waals surface area contributed by atoms with E-state index in [4.69, 9.17) is 5.11 Å². The number of benzene rings is 1. The second-order valence-electron chi connectivity index (χ2n) is 5.78. The largest absolute Gasteiger partial charge is 0.478 e. The van der Waals surface area contributed by atoms with Crippen molar-refractivity contribution in [1.29, 1.82) is 0 Å². The summed E-state index contributed by atoms with van der Waals surface area (Å²) in [6.07, 6.45) is 3.52. The molecule has 4 heteroatoms. The second kappa shape index (κ2) is 6.75. The molecule has 1 aliphatic rings. The molecule has 1 saturated heterocycles. The van der Waals surface area contributed by atoms with Gasteiger partial charge in [-0.1, -0.05) is 0 Å². The van der Waals surface area contributed by atoms with Gasteiger partial charge in [0.15, 0.2) is 0 Å². The molecule has 1 atom stereocenters. The average molecular weight is 276 g/mol. The predicted octanol–water partition coefficient (Wildman–Crippen LogP) is 3.06. The van der Waals surface area contributed by atoms with Crippen LogP contribution in [-0.4, -0.2) is 41.1 Å². The summed E-state index contributed by atoms with van der Waals surface area (Å²) in [4.78, 5) is 13.3. The molecular weight excluding hydrogens is 252 g/mol. The lowest BCUT2D eigenvalue weighted by molar-refractivity contribution is 0.0697. The Kier molecular flexibility index (Phi) is 5.01. The van der Waals surface area contributed by atoms with Gasteiger partial charge in [-0.05, 0) is 63.9 Å². The van der Waals surface area contributed by atoms with Gasteiger partial charge in [0.05, 0.1) is 5.56 Å². The number of carboxylic acid groups (broad SMARTS) is 1. The molecule has 1 fully saturated rings. The molecule has 0 bridgehead atoms.